The smallest absolute Gasteiger partial charge is 0.325 e. The number of hydrogen-bond acceptors (Lipinski definition) is 6. The molecule has 1 aliphatic carbocycles. The third kappa shape index (κ3) is 6.14. The molecular formula is C22H29NO6. The van der Waals surface area contributed by atoms with Crippen LogP contribution in [-0.4, -0.2) is 48.1 Å². The van der Waals surface area contributed by atoms with Crippen molar-refractivity contribution in [3.63, 3.8) is 0 Å². The van der Waals surface area contributed by atoms with Crippen LogP contribution >= 0.6 is 0 Å². The summed E-state index contributed by atoms with van der Waals surface area (Å²) in [6.45, 7) is 8.09. The quantitative estimate of drug-likeness (QED) is 0.636. The number of carbonyl (C=O) groups excluding carboxylic acids is 2. The maximum atomic E-state index is 13.0. The van der Waals surface area contributed by atoms with Gasteiger partial charge in [-0.2, -0.15) is 0 Å². The first-order valence-corrected chi connectivity index (χ1v) is 9.85. The van der Waals surface area contributed by atoms with E-state index in [1.165, 1.54) is 0 Å². The Labute approximate surface area is 171 Å². The third-order valence-corrected chi connectivity index (χ3v) is 4.69. The van der Waals surface area contributed by atoms with Gasteiger partial charge < -0.3 is 14.6 Å². The highest BCUT2D eigenvalue weighted by Crippen LogP contribution is 2.36. The monoisotopic (exact) mass is 403 g/mol. The third-order valence-electron chi connectivity index (χ3n) is 4.69. The van der Waals surface area contributed by atoms with Gasteiger partial charge in [-0.1, -0.05) is 19.9 Å². The normalized spacial score (nSPS) is 19.8. The molecule has 0 saturated heterocycles. The summed E-state index contributed by atoms with van der Waals surface area (Å²) in [7, 11) is 0. The fourth-order valence-corrected chi connectivity index (χ4v) is 3.60. The Balaban J connectivity index is 2.27. The fraction of sp³-hybridized carbons (Fsp3) is 0.545. The number of aliphatic carboxylic acids is 1. The van der Waals surface area contributed by atoms with Gasteiger partial charge in [-0.25, -0.2) is 0 Å². The Morgan fingerprint density at radius 2 is 1.79 bits per heavy atom. The van der Waals surface area contributed by atoms with Crippen molar-refractivity contribution in [2.24, 2.45) is 16.3 Å². The van der Waals surface area contributed by atoms with Crippen LogP contribution in [0, 0.1) is 11.3 Å². The molecule has 1 saturated carbocycles. The van der Waals surface area contributed by atoms with Crippen LogP contribution < -0.4 is 9.47 Å². The molecule has 0 bridgehead atoms. The molecule has 29 heavy (non-hydrogen) atoms. The lowest BCUT2D eigenvalue weighted by atomic mass is 9.69. The Bertz CT molecular complexity index is 812. The molecule has 0 radical (unpaired) electrons. The Morgan fingerprint density at radius 3 is 2.41 bits per heavy atom. The van der Waals surface area contributed by atoms with Crippen LogP contribution in [0.15, 0.2) is 23.2 Å². The van der Waals surface area contributed by atoms with Gasteiger partial charge in [0.15, 0.2) is 17.3 Å². The van der Waals surface area contributed by atoms with E-state index in [0.29, 0.717) is 42.4 Å². The van der Waals surface area contributed by atoms with Crippen molar-refractivity contribution < 1.29 is 29.0 Å². The van der Waals surface area contributed by atoms with Gasteiger partial charge in [0.25, 0.3) is 0 Å². The average molecular weight is 403 g/mol. The molecule has 1 aromatic carbocycles. The maximum Gasteiger partial charge on any atom is 0.325 e. The van der Waals surface area contributed by atoms with Crippen molar-refractivity contribution in [2.75, 3.05) is 19.8 Å². The second kappa shape index (κ2) is 9.67. The standard InChI is InChI=1S/C22H29NO6/c1-5-28-18-8-7-14(10-19(18)29-6-2)9-16(24)21-15(23-13-20(26)27)11-22(3,4)12-17(21)25/h7-8,10,21H,5-6,9,11-13H2,1-4H3,(H,26,27)/t21-/m0/s1. The van der Waals surface area contributed by atoms with E-state index in [1.54, 1.807) is 18.2 Å². The van der Waals surface area contributed by atoms with Gasteiger partial charge in [-0.3, -0.25) is 19.4 Å². The van der Waals surface area contributed by atoms with E-state index in [2.05, 4.69) is 4.99 Å². The van der Waals surface area contributed by atoms with Gasteiger partial charge in [-0.15, -0.1) is 0 Å². The summed E-state index contributed by atoms with van der Waals surface area (Å²) in [5, 5.41) is 8.95. The SMILES string of the molecule is CCOc1ccc(CC(=O)[C@H]2C(=O)CC(C)(C)CC2=NCC(=O)O)cc1OCC. The summed E-state index contributed by atoms with van der Waals surface area (Å²) >= 11 is 0. The summed E-state index contributed by atoms with van der Waals surface area (Å²) in [6.07, 6.45) is 0.730. The minimum Gasteiger partial charge on any atom is -0.490 e. The number of carboxylic acids is 1. The van der Waals surface area contributed by atoms with E-state index >= 15 is 0 Å². The van der Waals surface area contributed by atoms with Crippen molar-refractivity contribution in [1.82, 2.24) is 0 Å². The molecule has 1 aliphatic rings. The van der Waals surface area contributed by atoms with Crippen LogP contribution in [0.3, 0.4) is 0 Å². The maximum absolute atomic E-state index is 13.0. The van der Waals surface area contributed by atoms with E-state index in [9.17, 15) is 14.4 Å². The minimum absolute atomic E-state index is 0.0371. The Morgan fingerprint density at radius 1 is 1.14 bits per heavy atom. The molecule has 1 fully saturated rings. The van der Waals surface area contributed by atoms with Gasteiger partial charge in [0, 0.05) is 18.6 Å². The molecule has 0 heterocycles. The number of aliphatic imine (C=N–C) groups is 1. The van der Waals surface area contributed by atoms with Crippen LogP contribution in [0.4, 0.5) is 0 Å². The Kier molecular flexibility index (Phi) is 7.53. The van der Waals surface area contributed by atoms with Crippen LogP contribution in [0.25, 0.3) is 0 Å². The highest BCUT2D eigenvalue weighted by Gasteiger charge is 2.41. The molecule has 0 spiro atoms. The number of ether oxygens (including phenoxy) is 2. The molecule has 0 aromatic heterocycles. The largest absolute Gasteiger partial charge is 0.490 e. The van der Waals surface area contributed by atoms with Crippen molar-refractivity contribution in [1.29, 1.82) is 0 Å². The number of carboxylic acid groups (broad SMARTS) is 1. The van der Waals surface area contributed by atoms with Crippen LogP contribution in [0.5, 0.6) is 11.5 Å². The summed E-state index contributed by atoms with van der Waals surface area (Å²) in [6, 6.07) is 5.27. The van der Waals surface area contributed by atoms with E-state index in [1.807, 2.05) is 27.7 Å². The second-order valence-electron chi connectivity index (χ2n) is 7.91. The van der Waals surface area contributed by atoms with E-state index in [0.717, 1.165) is 0 Å². The number of Topliss-reactive ketones (excluding diaryl/α,β-unsaturated/α-hetero) is 2. The lowest BCUT2D eigenvalue weighted by Crippen LogP contribution is -2.42. The fourth-order valence-electron chi connectivity index (χ4n) is 3.60. The molecule has 158 valence electrons. The molecule has 2 rings (SSSR count). The number of nitrogens with zero attached hydrogens (tertiary/aromatic N) is 1. The second-order valence-corrected chi connectivity index (χ2v) is 7.91. The number of carbonyl (C=O) groups is 3. The van der Waals surface area contributed by atoms with Gasteiger partial charge in [-0.05, 0) is 43.4 Å². The van der Waals surface area contributed by atoms with E-state index in [4.69, 9.17) is 14.6 Å². The number of ketones is 2. The van der Waals surface area contributed by atoms with Crippen molar-refractivity contribution >= 4 is 23.2 Å². The first-order valence-electron chi connectivity index (χ1n) is 9.85. The van der Waals surface area contributed by atoms with Gasteiger partial charge >= 0.3 is 5.97 Å². The van der Waals surface area contributed by atoms with Gasteiger partial charge in [0.1, 0.15) is 18.2 Å². The van der Waals surface area contributed by atoms with E-state index < -0.39 is 18.4 Å². The number of benzene rings is 1. The van der Waals surface area contributed by atoms with Crippen molar-refractivity contribution in [3.05, 3.63) is 23.8 Å². The number of hydrogen-bond donors (Lipinski definition) is 1. The topological polar surface area (TPSA) is 102 Å². The summed E-state index contributed by atoms with van der Waals surface area (Å²) in [4.78, 5) is 40.7. The molecule has 1 N–H and O–H groups in total. The first-order chi connectivity index (χ1) is 13.7. The molecule has 1 atom stereocenters. The summed E-state index contributed by atoms with van der Waals surface area (Å²) in [5.41, 5.74) is 0.735. The average Bonchev–Trinajstić information content (AvgIpc) is 2.61. The van der Waals surface area contributed by atoms with E-state index in [-0.39, 0.29) is 29.8 Å². The van der Waals surface area contributed by atoms with Gasteiger partial charge in [0.2, 0.25) is 0 Å². The lowest BCUT2D eigenvalue weighted by Gasteiger charge is -2.34. The molecule has 0 aliphatic heterocycles. The van der Waals surface area contributed by atoms with Crippen LogP contribution in [0.1, 0.15) is 46.1 Å². The molecule has 0 unspecified atom stereocenters. The number of rotatable bonds is 9. The lowest BCUT2D eigenvalue weighted by molar-refractivity contribution is -0.136. The zero-order valence-corrected chi connectivity index (χ0v) is 17.5. The molecule has 1 aromatic rings. The summed E-state index contributed by atoms with van der Waals surface area (Å²) in [5.74, 6) is -1.40. The van der Waals surface area contributed by atoms with Crippen molar-refractivity contribution in [2.45, 2.75) is 47.0 Å². The zero-order chi connectivity index (χ0) is 21.6. The molecule has 0 amide bonds. The molecule has 7 nitrogen and oxygen atoms in total. The van der Waals surface area contributed by atoms with Crippen LogP contribution in [0.2, 0.25) is 0 Å². The predicted molar refractivity (Wildman–Crippen MR) is 109 cm³/mol. The Hall–Kier alpha value is -2.70. The van der Waals surface area contributed by atoms with Crippen molar-refractivity contribution in [3.8, 4) is 11.5 Å². The minimum atomic E-state index is -1.09. The zero-order valence-electron chi connectivity index (χ0n) is 17.5. The first kappa shape index (κ1) is 22.6. The molecule has 7 heteroatoms. The predicted octanol–water partition coefficient (Wildman–Crippen LogP) is 3.13. The molecular weight excluding hydrogens is 374 g/mol. The summed E-state index contributed by atoms with van der Waals surface area (Å²) < 4.78 is 11.1. The highest BCUT2D eigenvalue weighted by atomic mass is 16.5. The highest BCUT2D eigenvalue weighted by molar-refractivity contribution is 6.23. The van der Waals surface area contributed by atoms with Gasteiger partial charge in [0.05, 0.1) is 13.2 Å². The van der Waals surface area contributed by atoms with Crippen LogP contribution in [-0.2, 0) is 20.8 Å².